The van der Waals surface area contributed by atoms with E-state index in [-0.39, 0.29) is 76.0 Å². The molecular weight excluding hydrogens is 1310 g/mol. The molecule has 1 aliphatic rings. The second-order valence-corrected chi connectivity index (χ2v) is 32.0. The molecule has 21 nitrogen and oxygen atoms in total. The lowest BCUT2D eigenvalue weighted by atomic mass is 9.87. The Bertz CT molecular complexity index is 2190. The largest absolute Gasteiger partial charge is 0.481 e. The van der Waals surface area contributed by atoms with Crippen LogP contribution in [-0.2, 0) is 52.5 Å². The standard InChI is InChI=1S/C82H156N6O15/c1-12-16-18-20-22-24-26-28-30-32-34-36-38-40-42-47-56-82(57-48-43-41-39-37-35-33-31-29-27-25-23-21-19-17-13-2)100-64-68(103-82)55-61-88(11)60-50-44-45-52-71(89)85-65-81(10,15-4)102-66-79(7,8)99-62-59-84-76(97)80(9,14-3)67-101-78(5,6)63-72(90)83-58-49-46-51-69(74(93)94)86-77(98)87-70(75(95)96)53-54-73(91)92/h68-70H,12-67H2,1-11H3,(H,83,90)(H,84,97)(H,85,89)(H,91,92)(H,93,94)(H,95,96)(H2,86,87,98). The number of rotatable bonds is 72. The van der Waals surface area contributed by atoms with Gasteiger partial charge in [-0.15, -0.1) is 0 Å². The molecule has 5 atom stereocenters. The fourth-order valence-electron chi connectivity index (χ4n) is 13.1. The van der Waals surface area contributed by atoms with Crippen LogP contribution in [0.2, 0.25) is 0 Å². The first-order chi connectivity index (χ1) is 49.2. The summed E-state index contributed by atoms with van der Waals surface area (Å²) in [6, 6.07) is -3.91. The number of hydrogen-bond acceptors (Lipinski definition) is 13. The maximum atomic E-state index is 13.5. The number of hydrogen-bond donors (Lipinski definition) is 8. The van der Waals surface area contributed by atoms with E-state index in [0.29, 0.717) is 45.3 Å². The lowest BCUT2D eigenvalue weighted by Crippen LogP contribution is -2.51. The molecule has 1 fully saturated rings. The van der Waals surface area contributed by atoms with Crippen molar-refractivity contribution in [3.05, 3.63) is 0 Å². The van der Waals surface area contributed by atoms with Crippen molar-refractivity contribution in [1.82, 2.24) is 31.5 Å². The summed E-state index contributed by atoms with van der Waals surface area (Å²) in [5.74, 6) is -4.95. The number of nitrogens with zero attached hydrogens (tertiary/aromatic N) is 1. The van der Waals surface area contributed by atoms with Crippen LogP contribution in [-0.4, -0.2) is 169 Å². The molecule has 0 saturated carbocycles. The van der Waals surface area contributed by atoms with Gasteiger partial charge in [0.1, 0.15) is 12.1 Å². The summed E-state index contributed by atoms with van der Waals surface area (Å²) in [7, 11) is 2.20. The minimum absolute atomic E-state index is 0.00820. The van der Waals surface area contributed by atoms with Crippen molar-refractivity contribution in [2.75, 3.05) is 66.2 Å². The normalized spacial score (nSPS) is 15.7. The van der Waals surface area contributed by atoms with Crippen LogP contribution in [0.15, 0.2) is 0 Å². The van der Waals surface area contributed by atoms with Crippen LogP contribution in [0.5, 0.6) is 0 Å². The Balaban J connectivity index is 2.46. The van der Waals surface area contributed by atoms with E-state index < -0.39 is 70.4 Å². The number of amides is 5. The van der Waals surface area contributed by atoms with Crippen LogP contribution in [0.1, 0.15) is 371 Å². The van der Waals surface area contributed by atoms with Crippen LogP contribution in [0.3, 0.4) is 0 Å². The molecule has 21 heteroatoms. The van der Waals surface area contributed by atoms with Crippen molar-refractivity contribution in [2.45, 2.75) is 412 Å². The monoisotopic (exact) mass is 1470 g/mol. The van der Waals surface area contributed by atoms with Gasteiger partial charge in [0.25, 0.3) is 0 Å². The second kappa shape index (κ2) is 58.9. The zero-order chi connectivity index (χ0) is 76.5. The molecule has 0 aromatic heterocycles. The number of nitrogens with one attached hydrogen (secondary N) is 5. The molecule has 0 bridgehead atoms. The van der Waals surface area contributed by atoms with Crippen molar-refractivity contribution in [3.8, 4) is 0 Å². The first-order valence-electron chi connectivity index (χ1n) is 41.7. The summed E-state index contributed by atoms with van der Waals surface area (Å²) in [4.78, 5) is 88.3. The van der Waals surface area contributed by atoms with Crippen molar-refractivity contribution >= 4 is 41.7 Å². The zero-order valence-corrected chi connectivity index (χ0v) is 67.5. The minimum Gasteiger partial charge on any atom is -0.481 e. The molecule has 0 radical (unpaired) electrons. The molecule has 0 aliphatic carbocycles. The molecule has 8 N–H and O–H groups in total. The Morgan fingerprint density at radius 1 is 0.485 bits per heavy atom. The van der Waals surface area contributed by atoms with E-state index in [2.05, 4.69) is 52.4 Å². The summed E-state index contributed by atoms with van der Waals surface area (Å²) in [6.07, 6.45) is 51.2. The SMILES string of the molecule is CCCCCCCCCCCCCCCCCCC1(CCCCCCCCCCCCCCCCCC)OCC(CCN(C)CCCCCC(=O)NCC(C)(CC)OCC(C)(C)OCCNC(=O)C(C)(CC)COC(C)(C)CC(=O)NCCCCC(NC(=O)NC(CCC(=O)O)C(=O)O)C(=O)O)O1. The summed E-state index contributed by atoms with van der Waals surface area (Å²) in [5.41, 5.74) is -3.12. The molecule has 103 heavy (non-hydrogen) atoms. The zero-order valence-electron chi connectivity index (χ0n) is 67.5. The van der Waals surface area contributed by atoms with E-state index in [1.165, 1.54) is 205 Å². The number of carbonyl (C=O) groups is 7. The third-order valence-corrected chi connectivity index (χ3v) is 20.9. The fourth-order valence-corrected chi connectivity index (χ4v) is 13.1. The van der Waals surface area contributed by atoms with E-state index in [9.17, 15) is 43.8 Å². The first-order valence-corrected chi connectivity index (χ1v) is 41.7. The van der Waals surface area contributed by atoms with Gasteiger partial charge in [0, 0.05) is 51.9 Å². The molecule has 5 unspecified atom stereocenters. The topological polar surface area (TPSA) is 290 Å². The first kappa shape index (κ1) is 96.9. The molecule has 1 rings (SSSR count). The number of unbranched alkanes of at least 4 members (excludes halogenated alkanes) is 33. The van der Waals surface area contributed by atoms with Crippen molar-refractivity contribution in [2.24, 2.45) is 5.41 Å². The average molecular weight is 1470 g/mol. The van der Waals surface area contributed by atoms with Crippen molar-refractivity contribution < 1.29 is 72.6 Å². The highest BCUT2D eigenvalue weighted by Crippen LogP contribution is 2.36. The predicted molar refractivity (Wildman–Crippen MR) is 414 cm³/mol. The highest BCUT2D eigenvalue weighted by atomic mass is 16.7. The third kappa shape index (κ3) is 51.7. The van der Waals surface area contributed by atoms with Crippen LogP contribution in [0.4, 0.5) is 4.79 Å². The summed E-state index contributed by atoms with van der Waals surface area (Å²) in [6.45, 7) is 23.8. The number of ether oxygens (including phenoxy) is 5. The molecule has 0 spiro atoms. The van der Waals surface area contributed by atoms with Gasteiger partial charge in [-0.05, 0) is 126 Å². The number of carboxylic acids is 3. The minimum atomic E-state index is -1.51. The van der Waals surface area contributed by atoms with E-state index in [4.69, 9.17) is 28.8 Å². The Labute approximate surface area is 626 Å². The van der Waals surface area contributed by atoms with Gasteiger partial charge in [-0.1, -0.05) is 227 Å². The maximum Gasteiger partial charge on any atom is 0.326 e. The fraction of sp³-hybridized carbons (Fsp3) is 0.915. The number of carbonyl (C=O) groups excluding carboxylic acids is 4. The Hall–Kier alpha value is -4.15. The number of urea groups is 1. The number of carboxylic acid groups (broad SMARTS) is 3. The summed E-state index contributed by atoms with van der Waals surface area (Å²) < 4.78 is 32.4. The lowest BCUT2D eigenvalue weighted by Gasteiger charge is -2.34. The molecule has 0 aromatic carbocycles. The Morgan fingerprint density at radius 2 is 0.961 bits per heavy atom. The van der Waals surface area contributed by atoms with Gasteiger partial charge in [0.2, 0.25) is 17.7 Å². The highest BCUT2D eigenvalue weighted by Gasteiger charge is 2.41. The Kier molecular flexibility index (Phi) is 55.4. The average Bonchev–Trinajstić information content (AvgIpc) is 1.66. The molecular formula is C82H156N6O15. The maximum absolute atomic E-state index is 13.5. The smallest absolute Gasteiger partial charge is 0.326 e. The van der Waals surface area contributed by atoms with Gasteiger partial charge in [-0.2, -0.15) is 0 Å². The van der Waals surface area contributed by atoms with Gasteiger partial charge >= 0.3 is 23.9 Å². The summed E-state index contributed by atoms with van der Waals surface area (Å²) >= 11 is 0. The van der Waals surface area contributed by atoms with E-state index >= 15 is 0 Å². The molecule has 1 saturated heterocycles. The molecule has 5 amide bonds. The molecule has 604 valence electrons. The Morgan fingerprint density at radius 3 is 1.43 bits per heavy atom. The van der Waals surface area contributed by atoms with Crippen molar-refractivity contribution in [3.63, 3.8) is 0 Å². The van der Waals surface area contributed by atoms with Crippen molar-refractivity contribution in [1.29, 1.82) is 0 Å². The van der Waals surface area contributed by atoms with Gasteiger partial charge < -0.3 is 70.5 Å². The van der Waals surface area contributed by atoms with E-state index in [1.807, 2.05) is 41.5 Å². The highest BCUT2D eigenvalue weighted by molar-refractivity contribution is 5.86. The van der Waals surface area contributed by atoms with Crippen LogP contribution in [0, 0.1) is 5.41 Å². The number of aliphatic carboxylic acids is 3. The summed E-state index contributed by atoms with van der Waals surface area (Å²) in [5, 5.41) is 40.9. The van der Waals surface area contributed by atoms with Gasteiger partial charge in [-0.25, -0.2) is 14.4 Å². The molecule has 1 aliphatic heterocycles. The molecule has 0 aromatic rings. The van der Waals surface area contributed by atoms with Gasteiger partial charge in [-0.3, -0.25) is 19.2 Å². The molecule has 1 heterocycles. The van der Waals surface area contributed by atoms with Crippen LogP contribution in [0.25, 0.3) is 0 Å². The van der Waals surface area contributed by atoms with E-state index in [0.717, 1.165) is 51.6 Å². The second-order valence-electron chi connectivity index (χ2n) is 32.0. The quantitative estimate of drug-likeness (QED) is 0.0263. The third-order valence-electron chi connectivity index (χ3n) is 20.9. The van der Waals surface area contributed by atoms with E-state index in [1.54, 1.807) is 13.8 Å². The predicted octanol–water partition coefficient (Wildman–Crippen LogP) is 17.5. The van der Waals surface area contributed by atoms with Crippen LogP contribution < -0.4 is 26.6 Å². The van der Waals surface area contributed by atoms with Gasteiger partial charge in [0.05, 0.1) is 61.2 Å². The van der Waals surface area contributed by atoms with Crippen LogP contribution >= 0.6 is 0 Å². The van der Waals surface area contributed by atoms with Gasteiger partial charge in [0.15, 0.2) is 5.79 Å². The lowest BCUT2D eigenvalue weighted by molar-refractivity contribution is -0.180.